The van der Waals surface area contributed by atoms with Gasteiger partial charge in [0, 0.05) is 31.8 Å². The summed E-state index contributed by atoms with van der Waals surface area (Å²) in [5, 5.41) is 9.50. The summed E-state index contributed by atoms with van der Waals surface area (Å²) in [6, 6.07) is 8.18. The number of hydrogen-bond acceptors (Lipinski definition) is 8. The number of nitrogens with two attached hydrogens (primary N) is 1. The molecule has 3 aromatic rings. The summed E-state index contributed by atoms with van der Waals surface area (Å²) in [5.74, 6) is -0.911. The highest BCUT2D eigenvalue weighted by atomic mass is 79.9. The van der Waals surface area contributed by atoms with Crippen molar-refractivity contribution >= 4 is 61.4 Å². The summed E-state index contributed by atoms with van der Waals surface area (Å²) in [5.41, 5.74) is 5.59. The second-order valence-corrected chi connectivity index (χ2v) is 11.3. The second-order valence-electron chi connectivity index (χ2n) is 6.80. The number of alkyl halides is 2. The first-order valence-electron chi connectivity index (χ1n) is 8.90. The van der Waals surface area contributed by atoms with Gasteiger partial charge in [-0.3, -0.25) is 4.79 Å². The summed E-state index contributed by atoms with van der Waals surface area (Å²) in [6.07, 6.45) is -3.14. The van der Waals surface area contributed by atoms with Crippen LogP contribution in [0, 0.1) is 11.3 Å². The fourth-order valence-electron chi connectivity index (χ4n) is 2.89. The number of nitriles is 1. The van der Waals surface area contributed by atoms with Gasteiger partial charge in [0.2, 0.25) is 5.91 Å². The van der Waals surface area contributed by atoms with E-state index in [0.29, 0.717) is 16.9 Å². The van der Waals surface area contributed by atoms with Gasteiger partial charge in [-0.25, -0.2) is 8.42 Å². The number of carbonyl (C=O) groups excluding carboxylic acids is 1. The lowest BCUT2D eigenvalue weighted by molar-refractivity contribution is -0.183. The fraction of sp³-hybridized carbons (Fsp3) is 0.158. The molecule has 0 saturated heterocycles. The second kappa shape index (κ2) is 9.61. The Labute approximate surface area is 204 Å². The van der Waals surface area contributed by atoms with Gasteiger partial charge in [0.05, 0.1) is 21.2 Å². The number of rotatable bonds is 8. The van der Waals surface area contributed by atoms with E-state index in [1.165, 1.54) is 30.3 Å². The van der Waals surface area contributed by atoms with Crippen molar-refractivity contribution in [2.24, 2.45) is 5.73 Å². The van der Waals surface area contributed by atoms with Crippen LogP contribution in [0.15, 0.2) is 39.7 Å². The van der Waals surface area contributed by atoms with Crippen molar-refractivity contribution in [3.05, 3.63) is 56.4 Å². The van der Waals surface area contributed by atoms with Gasteiger partial charge in [-0.15, -0.1) is 16.2 Å². The predicted molar refractivity (Wildman–Crippen MR) is 121 cm³/mol. The quantitative estimate of drug-likeness (QED) is 0.365. The molecule has 0 aliphatic heterocycles. The van der Waals surface area contributed by atoms with E-state index >= 15 is 0 Å². The van der Waals surface area contributed by atoms with E-state index in [4.69, 9.17) is 15.4 Å². The number of amides is 1. The number of hydrogen-bond donors (Lipinski definition) is 2. The van der Waals surface area contributed by atoms with Gasteiger partial charge in [-0.05, 0) is 44.7 Å². The minimum absolute atomic E-state index is 0.0185. The first-order chi connectivity index (χ1) is 15.7. The number of primary amides is 1. The molecule has 0 saturated carbocycles. The number of fused-ring (bicyclic) bond motifs is 1. The molecule has 0 radical (unpaired) electrons. The number of halogens is 3. The zero-order valence-electron chi connectivity index (χ0n) is 16.9. The Morgan fingerprint density at radius 2 is 2.03 bits per heavy atom. The van der Waals surface area contributed by atoms with Crippen molar-refractivity contribution < 1.29 is 40.7 Å². The van der Waals surface area contributed by atoms with Crippen LogP contribution >= 0.6 is 35.5 Å². The molecule has 1 atom stereocenters. The molecule has 1 heterocycles. The van der Waals surface area contributed by atoms with Crippen molar-refractivity contribution in [3.63, 3.8) is 0 Å². The van der Waals surface area contributed by atoms with Gasteiger partial charge < -0.3 is 10.5 Å². The van der Waals surface area contributed by atoms with Crippen LogP contribution in [-0.4, -0.2) is 25.5 Å². The van der Waals surface area contributed by atoms with Crippen LogP contribution in [0.25, 0.3) is 10.1 Å². The molecule has 9 nitrogen and oxygen atoms in total. The number of carbonyl (C=O) groups is 1. The molecule has 2 aromatic carbocycles. The van der Waals surface area contributed by atoms with Crippen molar-refractivity contribution in [1.82, 2.24) is 0 Å². The fourth-order valence-corrected chi connectivity index (χ4v) is 5.86. The van der Waals surface area contributed by atoms with E-state index in [0.717, 1.165) is 6.26 Å². The third-order valence-corrected chi connectivity index (χ3v) is 8.30. The summed E-state index contributed by atoms with van der Waals surface area (Å²) in [7, 11) is -7.18. The molecule has 0 fully saturated rings. The lowest BCUT2D eigenvalue weighted by Gasteiger charge is -2.11. The highest BCUT2D eigenvalue weighted by molar-refractivity contribution is 9.10. The predicted octanol–water partition coefficient (Wildman–Crippen LogP) is 4.33. The van der Waals surface area contributed by atoms with Crippen LogP contribution in [0.3, 0.4) is 0 Å². The third kappa shape index (κ3) is 5.41. The molecule has 0 spiro atoms. The number of thiophene rings is 1. The Kier molecular flexibility index (Phi) is 7.37. The molecule has 0 bridgehead atoms. The Morgan fingerprint density at radius 1 is 1.35 bits per heavy atom. The zero-order chi connectivity index (χ0) is 25.4. The van der Waals surface area contributed by atoms with E-state index in [2.05, 4.69) is 20.5 Å². The summed E-state index contributed by atoms with van der Waals surface area (Å²) in [4.78, 5) is 19.7. The summed E-state index contributed by atoms with van der Waals surface area (Å²) >= 11 is 3.49. The van der Waals surface area contributed by atoms with E-state index in [-0.39, 0.29) is 42.9 Å². The van der Waals surface area contributed by atoms with Gasteiger partial charge in [-0.2, -0.15) is 14.0 Å². The monoisotopic (exact) mass is 593 g/mol. The van der Waals surface area contributed by atoms with Crippen LogP contribution in [0.5, 0.6) is 5.75 Å². The number of benzene rings is 2. The molecule has 34 heavy (non-hydrogen) atoms. The van der Waals surface area contributed by atoms with Crippen molar-refractivity contribution in [3.8, 4) is 11.8 Å². The summed E-state index contributed by atoms with van der Waals surface area (Å²) < 4.78 is 72.5. The van der Waals surface area contributed by atoms with Crippen LogP contribution < -0.4 is 10.5 Å². The first kappa shape index (κ1) is 26.1. The minimum Gasteiger partial charge on any atom is -0.487 e. The van der Waals surface area contributed by atoms with Crippen molar-refractivity contribution in [1.29, 1.82) is 5.26 Å². The molecule has 178 valence electrons. The summed E-state index contributed by atoms with van der Waals surface area (Å²) in [6.45, 7) is -0.273. The highest BCUT2D eigenvalue weighted by Crippen LogP contribution is 2.50. The SMILES string of the molecule is CS(=O)(=O)c1ccc(COc2cc(C(N)=O)cc3c(Br)c(C(F)(F)O[P+](=O)O)sc23)c(C#N)c1. The Bertz CT molecular complexity index is 1490. The van der Waals surface area contributed by atoms with Gasteiger partial charge in [0.25, 0.3) is 0 Å². The molecule has 1 aromatic heterocycles. The van der Waals surface area contributed by atoms with Crippen LogP contribution in [0.2, 0.25) is 0 Å². The maximum absolute atomic E-state index is 14.4. The van der Waals surface area contributed by atoms with Crippen molar-refractivity contribution in [2.75, 3.05) is 6.26 Å². The Hall–Kier alpha value is -2.53. The smallest absolute Gasteiger partial charge is 0.487 e. The number of nitrogens with zero attached hydrogens (tertiary/aromatic N) is 1. The zero-order valence-corrected chi connectivity index (χ0v) is 21.0. The molecule has 3 rings (SSSR count). The molecule has 1 unspecified atom stereocenters. The lowest BCUT2D eigenvalue weighted by Crippen LogP contribution is -2.13. The van der Waals surface area contributed by atoms with Gasteiger partial charge in [0.15, 0.2) is 9.84 Å². The van der Waals surface area contributed by atoms with E-state index in [9.17, 15) is 31.8 Å². The standard InChI is InChI=1S/C19H12BrF2N2O7PS2/c1-34(28,29)12-3-2-9(11(4-12)7-23)8-30-14-6-10(18(24)25)5-13-15(20)17(33-16(13)14)19(21,22)31-32(26)27/h2-6H,8H2,1H3,(H2-,24,25,26,27)/p+1. The Balaban J connectivity index is 2.09. The van der Waals surface area contributed by atoms with Gasteiger partial charge in [-0.1, -0.05) is 6.07 Å². The van der Waals surface area contributed by atoms with E-state index in [1.54, 1.807) is 0 Å². The first-order valence-corrected chi connectivity index (χ1v) is 13.5. The molecule has 0 aliphatic carbocycles. The third-order valence-electron chi connectivity index (χ3n) is 4.45. The molecular weight excluding hydrogens is 581 g/mol. The molecular formula is C19H13BrF2N2O7PS2+. The number of sulfone groups is 1. The van der Waals surface area contributed by atoms with Gasteiger partial charge >= 0.3 is 14.4 Å². The average molecular weight is 594 g/mol. The molecule has 0 aliphatic rings. The Morgan fingerprint density at radius 3 is 2.59 bits per heavy atom. The van der Waals surface area contributed by atoms with Crippen LogP contribution in [-0.2, 0) is 31.6 Å². The van der Waals surface area contributed by atoms with E-state index < -0.39 is 35.0 Å². The van der Waals surface area contributed by atoms with Crippen LogP contribution in [0.1, 0.15) is 26.4 Å². The molecule has 1 amide bonds. The average Bonchev–Trinajstić information content (AvgIpc) is 3.07. The maximum atomic E-state index is 14.4. The van der Waals surface area contributed by atoms with Crippen LogP contribution in [0.4, 0.5) is 8.78 Å². The lowest BCUT2D eigenvalue weighted by atomic mass is 10.1. The van der Waals surface area contributed by atoms with Crippen molar-refractivity contribution in [2.45, 2.75) is 17.6 Å². The minimum atomic E-state index is -4.13. The number of ether oxygens (including phenoxy) is 1. The van der Waals surface area contributed by atoms with E-state index in [1.807, 2.05) is 6.07 Å². The maximum Gasteiger partial charge on any atom is 0.701 e. The molecule has 15 heteroatoms. The van der Waals surface area contributed by atoms with Gasteiger partial charge in [0.1, 0.15) is 17.2 Å². The largest absolute Gasteiger partial charge is 0.701 e. The molecule has 3 N–H and O–H groups in total. The highest BCUT2D eigenvalue weighted by Gasteiger charge is 2.47. The topological polar surface area (TPSA) is 157 Å². The normalized spacial score (nSPS) is 12.4.